The fraction of sp³-hybridized carbons (Fsp3) is 0.440. The topological polar surface area (TPSA) is 58.6 Å². The number of benzene rings is 2. The van der Waals surface area contributed by atoms with Gasteiger partial charge in [0.1, 0.15) is 11.8 Å². The molecule has 5 nitrogen and oxygen atoms in total. The van der Waals surface area contributed by atoms with Crippen LogP contribution in [-0.4, -0.2) is 35.9 Å². The summed E-state index contributed by atoms with van der Waals surface area (Å²) in [5.74, 6) is 0.471. The molecule has 1 N–H and O–H groups in total. The summed E-state index contributed by atoms with van der Waals surface area (Å²) >= 11 is 12.4. The Morgan fingerprint density at radius 2 is 1.81 bits per heavy atom. The number of amides is 2. The third kappa shape index (κ3) is 7.42. The molecule has 0 aliphatic heterocycles. The summed E-state index contributed by atoms with van der Waals surface area (Å²) in [5, 5.41) is 3.90. The number of hydrogen-bond acceptors (Lipinski definition) is 3. The van der Waals surface area contributed by atoms with Gasteiger partial charge in [-0.2, -0.15) is 0 Å². The van der Waals surface area contributed by atoms with Gasteiger partial charge in [-0.3, -0.25) is 9.59 Å². The SMILES string of the molecule is CC[C@@H](C(=O)NCC(C)C)N(Cc1ccc(Cl)cc1Cl)C(=O)COc1ccc(C)cc1C. The van der Waals surface area contributed by atoms with E-state index in [0.29, 0.717) is 40.2 Å². The van der Waals surface area contributed by atoms with Crippen molar-refractivity contribution in [1.29, 1.82) is 0 Å². The minimum Gasteiger partial charge on any atom is -0.483 e. The van der Waals surface area contributed by atoms with Crippen molar-refractivity contribution in [3.05, 3.63) is 63.1 Å². The molecule has 0 aliphatic carbocycles. The van der Waals surface area contributed by atoms with Crippen molar-refractivity contribution in [2.45, 2.75) is 53.6 Å². The fourth-order valence-electron chi connectivity index (χ4n) is 3.36. The molecule has 7 heteroatoms. The van der Waals surface area contributed by atoms with Crippen LogP contribution in [0.25, 0.3) is 0 Å². The molecular weight excluding hydrogens is 447 g/mol. The summed E-state index contributed by atoms with van der Waals surface area (Å²) in [4.78, 5) is 27.7. The maximum atomic E-state index is 13.3. The Hall–Kier alpha value is -2.24. The Labute approximate surface area is 201 Å². The Kier molecular flexibility index (Phi) is 9.85. The molecule has 0 spiro atoms. The summed E-state index contributed by atoms with van der Waals surface area (Å²) < 4.78 is 5.82. The molecule has 0 unspecified atom stereocenters. The third-order valence-electron chi connectivity index (χ3n) is 5.11. The fourth-order valence-corrected chi connectivity index (χ4v) is 3.83. The molecule has 2 amide bonds. The van der Waals surface area contributed by atoms with E-state index in [1.165, 1.54) is 4.90 Å². The van der Waals surface area contributed by atoms with Gasteiger partial charge in [0.2, 0.25) is 5.91 Å². The van der Waals surface area contributed by atoms with Crippen LogP contribution in [0.15, 0.2) is 36.4 Å². The molecule has 32 heavy (non-hydrogen) atoms. The van der Waals surface area contributed by atoms with Crippen molar-refractivity contribution < 1.29 is 14.3 Å². The quantitative estimate of drug-likeness (QED) is 0.485. The molecule has 0 heterocycles. The highest BCUT2D eigenvalue weighted by molar-refractivity contribution is 6.35. The number of rotatable bonds is 10. The Bertz CT molecular complexity index is 947. The normalized spacial score (nSPS) is 11.9. The first-order valence-electron chi connectivity index (χ1n) is 10.8. The summed E-state index contributed by atoms with van der Waals surface area (Å²) in [7, 11) is 0. The van der Waals surface area contributed by atoms with Gasteiger partial charge in [-0.25, -0.2) is 0 Å². The number of hydrogen-bond donors (Lipinski definition) is 1. The maximum Gasteiger partial charge on any atom is 0.261 e. The molecule has 2 aromatic rings. The van der Waals surface area contributed by atoms with E-state index in [1.807, 2.05) is 52.8 Å². The minimum atomic E-state index is -0.643. The molecule has 0 saturated heterocycles. The van der Waals surface area contributed by atoms with E-state index >= 15 is 0 Å². The first-order chi connectivity index (χ1) is 15.1. The lowest BCUT2D eigenvalue weighted by molar-refractivity contribution is -0.143. The zero-order chi connectivity index (χ0) is 23.8. The van der Waals surface area contributed by atoms with E-state index in [9.17, 15) is 9.59 Å². The highest BCUT2D eigenvalue weighted by Gasteiger charge is 2.29. The van der Waals surface area contributed by atoms with Crippen LogP contribution < -0.4 is 10.1 Å². The van der Waals surface area contributed by atoms with Crippen LogP contribution in [-0.2, 0) is 16.1 Å². The van der Waals surface area contributed by atoms with Crippen LogP contribution >= 0.6 is 23.2 Å². The Morgan fingerprint density at radius 3 is 2.41 bits per heavy atom. The molecule has 0 aromatic heterocycles. The lowest BCUT2D eigenvalue weighted by atomic mass is 10.1. The molecule has 0 radical (unpaired) electrons. The van der Waals surface area contributed by atoms with Gasteiger partial charge in [0, 0.05) is 23.1 Å². The van der Waals surface area contributed by atoms with Crippen LogP contribution in [0.1, 0.15) is 43.9 Å². The van der Waals surface area contributed by atoms with Gasteiger partial charge in [-0.15, -0.1) is 0 Å². The lowest BCUT2D eigenvalue weighted by Crippen LogP contribution is -2.50. The van der Waals surface area contributed by atoms with Crippen molar-refractivity contribution in [1.82, 2.24) is 10.2 Å². The predicted octanol–water partition coefficient (Wildman–Crippen LogP) is 5.57. The summed E-state index contributed by atoms with van der Waals surface area (Å²) in [6.45, 7) is 10.4. The number of aryl methyl sites for hydroxylation is 2. The number of carbonyl (C=O) groups is 2. The minimum absolute atomic E-state index is 0.178. The molecule has 0 aliphatic rings. The molecular formula is C25H32Cl2N2O3. The van der Waals surface area contributed by atoms with Crippen LogP contribution in [0.5, 0.6) is 5.75 Å². The van der Waals surface area contributed by atoms with E-state index in [-0.39, 0.29) is 25.0 Å². The summed E-state index contributed by atoms with van der Waals surface area (Å²) in [5.41, 5.74) is 2.78. The average molecular weight is 479 g/mol. The van der Waals surface area contributed by atoms with Crippen LogP contribution in [0.4, 0.5) is 0 Å². The van der Waals surface area contributed by atoms with E-state index < -0.39 is 6.04 Å². The van der Waals surface area contributed by atoms with E-state index in [0.717, 1.165) is 11.1 Å². The standard InChI is InChI=1S/C25H32Cl2N2O3/c1-6-22(25(31)28-13-16(2)3)29(14-19-8-9-20(26)12-21(19)27)24(30)15-32-23-10-7-17(4)11-18(23)5/h7-12,16,22H,6,13-15H2,1-5H3,(H,28,31)/t22-/m0/s1. The molecule has 2 aromatic carbocycles. The summed E-state index contributed by atoms with van der Waals surface area (Å²) in [6.07, 6.45) is 0.463. The van der Waals surface area contributed by atoms with Gasteiger partial charge in [-0.05, 0) is 55.5 Å². The molecule has 0 fully saturated rings. The van der Waals surface area contributed by atoms with Gasteiger partial charge >= 0.3 is 0 Å². The van der Waals surface area contributed by atoms with Gasteiger partial charge in [0.25, 0.3) is 5.91 Å². The van der Waals surface area contributed by atoms with Crippen molar-refractivity contribution in [2.75, 3.05) is 13.2 Å². The zero-order valence-corrected chi connectivity index (χ0v) is 20.9. The van der Waals surface area contributed by atoms with Crippen LogP contribution in [0.3, 0.4) is 0 Å². The smallest absolute Gasteiger partial charge is 0.261 e. The number of nitrogens with zero attached hydrogens (tertiary/aromatic N) is 1. The second kappa shape index (κ2) is 12.1. The monoisotopic (exact) mass is 478 g/mol. The van der Waals surface area contributed by atoms with Gasteiger partial charge in [-0.1, -0.05) is 67.7 Å². The van der Waals surface area contributed by atoms with Crippen molar-refractivity contribution >= 4 is 35.0 Å². The van der Waals surface area contributed by atoms with Crippen LogP contribution in [0, 0.1) is 19.8 Å². The van der Waals surface area contributed by atoms with Crippen molar-refractivity contribution in [3.8, 4) is 5.75 Å². The summed E-state index contributed by atoms with van der Waals surface area (Å²) in [6, 6.07) is 10.3. The lowest BCUT2D eigenvalue weighted by Gasteiger charge is -2.31. The zero-order valence-electron chi connectivity index (χ0n) is 19.4. The number of ether oxygens (including phenoxy) is 1. The molecule has 2 rings (SSSR count). The molecule has 0 saturated carbocycles. The van der Waals surface area contributed by atoms with Gasteiger partial charge in [0.05, 0.1) is 0 Å². The molecule has 1 atom stereocenters. The van der Waals surface area contributed by atoms with Crippen molar-refractivity contribution in [2.24, 2.45) is 5.92 Å². The van der Waals surface area contributed by atoms with Gasteiger partial charge in [0.15, 0.2) is 6.61 Å². The highest BCUT2D eigenvalue weighted by Crippen LogP contribution is 2.24. The maximum absolute atomic E-state index is 13.3. The first-order valence-corrected chi connectivity index (χ1v) is 11.6. The molecule has 0 bridgehead atoms. The Morgan fingerprint density at radius 1 is 1.09 bits per heavy atom. The van der Waals surface area contributed by atoms with E-state index in [4.69, 9.17) is 27.9 Å². The number of halogens is 2. The third-order valence-corrected chi connectivity index (χ3v) is 5.69. The van der Waals surface area contributed by atoms with Gasteiger partial charge < -0.3 is 15.0 Å². The second-order valence-electron chi connectivity index (χ2n) is 8.38. The predicted molar refractivity (Wildman–Crippen MR) is 130 cm³/mol. The molecule has 174 valence electrons. The van der Waals surface area contributed by atoms with E-state index in [1.54, 1.807) is 18.2 Å². The first kappa shape index (κ1) is 26.0. The van der Waals surface area contributed by atoms with Crippen molar-refractivity contribution in [3.63, 3.8) is 0 Å². The number of carbonyl (C=O) groups excluding carboxylic acids is 2. The van der Waals surface area contributed by atoms with Crippen LogP contribution in [0.2, 0.25) is 10.0 Å². The Balaban J connectivity index is 2.26. The average Bonchev–Trinajstić information content (AvgIpc) is 2.72. The largest absolute Gasteiger partial charge is 0.483 e. The van der Waals surface area contributed by atoms with E-state index in [2.05, 4.69) is 5.32 Å². The second-order valence-corrected chi connectivity index (χ2v) is 9.22. The number of nitrogens with one attached hydrogen (secondary N) is 1. The highest BCUT2D eigenvalue weighted by atomic mass is 35.5.